The molecule has 0 spiro atoms. The molecule has 4 rings (SSSR count). The molecule has 9 heteroatoms. The summed E-state index contributed by atoms with van der Waals surface area (Å²) in [6.07, 6.45) is -4.70. The molecule has 0 amide bonds. The lowest BCUT2D eigenvalue weighted by molar-refractivity contribution is -0.137. The maximum absolute atomic E-state index is 13.4. The topological polar surface area (TPSA) is 40.6 Å². The Morgan fingerprint density at radius 2 is 1.47 bits per heavy atom. The second-order valence-electron chi connectivity index (χ2n) is 7.06. The Morgan fingerprint density at radius 3 is 2.13 bits per heavy atom. The standard InChI is InChI=1S/C21H18F4N2O2S/c22-17-6-8-20(19(14-17)21(23,24)25)26-9-11-27(12-10-26)30(28,29)18-7-5-15-3-1-2-4-16(15)13-18/h1-8,13-14H,9-12H2. The van der Waals surface area contributed by atoms with Gasteiger partial charge in [0.1, 0.15) is 5.82 Å². The summed E-state index contributed by atoms with van der Waals surface area (Å²) < 4.78 is 80.6. The molecule has 1 fully saturated rings. The lowest BCUT2D eigenvalue weighted by Gasteiger charge is -2.36. The van der Waals surface area contributed by atoms with Crippen molar-refractivity contribution in [2.24, 2.45) is 0 Å². The molecule has 0 aromatic heterocycles. The molecule has 1 aliphatic heterocycles. The van der Waals surface area contributed by atoms with Gasteiger partial charge in [-0.1, -0.05) is 30.3 Å². The number of benzene rings is 3. The van der Waals surface area contributed by atoms with E-state index in [2.05, 4.69) is 0 Å². The van der Waals surface area contributed by atoms with Gasteiger partial charge in [-0.25, -0.2) is 12.8 Å². The monoisotopic (exact) mass is 438 g/mol. The van der Waals surface area contributed by atoms with Crippen LogP contribution < -0.4 is 4.90 Å². The molecule has 4 nitrogen and oxygen atoms in total. The number of piperazine rings is 1. The van der Waals surface area contributed by atoms with Crippen molar-refractivity contribution < 1.29 is 26.0 Å². The number of anilines is 1. The Kier molecular flexibility index (Phi) is 5.19. The Hall–Kier alpha value is -2.65. The third-order valence-corrected chi connectivity index (χ3v) is 7.10. The number of fused-ring (bicyclic) bond motifs is 1. The molecule has 158 valence electrons. The summed E-state index contributed by atoms with van der Waals surface area (Å²) in [5, 5.41) is 1.70. The maximum atomic E-state index is 13.4. The third kappa shape index (κ3) is 3.87. The highest BCUT2D eigenvalue weighted by molar-refractivity contribution is 7.89. The van der Waals surface area contributed by atoms with Crippen molar-refractivity contribution in [3.05, 3.63) is 72.0 Å². The first-order valence-electron chi connectivity index (χ1n) is 9.27. The van der Waals surface area contributed by atoms with Crippen molar-refractivity contribution in [3.8, 4) is 0 Å². The number of rotatable bonds is 3. The molecule has 3 aromatic carbocycles. The maximum Gasteiger partial charge on any atom is 0.418 e. The largest absolute Gasteiger partial charge is 0.418 e. The van der Waals surface area contributed by atoms with E-state index in [9.17, 15) is 26.0 Å². The van der Waals surface area contributed by atoms with Gasteiger partial charge in [-0.05, 0) is 41.1 Å². The lowest BCUT2D eigenvalue weighted by Crippen LogP contribution is -2.49. The van der Waals surface area contributed by atoms with E-state index in [0.717, 1.165) is 22.9 Å². The van der Waals surface area contributed by atoms with Crippen LogP contribution in [0.15, 0.2) is 65.6 Å². The lowest BCUT2D eigenvalue weighted by atomic mass is 10.1. The van der Waals surface area contributed by atoms with Crippen LogP contribution in [0.25, 0.3) is 10.8 Å². The Bertz CT molecular complexity index is 1190. The number of hydrogen-bond acceptors (Lipinski definition) is 3. The molecule has 0 saturated carbocycles. The van der Waals surface area contributed by atoms with Crippen molar-refractivity contribution in [1.82, 2.24) is 4.31 Å². The third-order valence-electron chi connectivity index (χ3n) is 5.20. The zero-order valence-corrected chi connectivity index (χ0v) is 16.5. The smallest absolute Gasteiger partial charge is 0.368 e. The minimum Gasteiger partial charge on any atom is -0.368 e. The molecule has 1 saturated heterocycles. The number of sulfonamides is 1. The first-order chi connectivity index (χ1) is 14.2. The average Bonchev–Trinajstić information content (AvgIpc) is 2.73. The minimum atomic E-state index is -4.70. The van der Waals surface area contributed by atoms with Crippen molar-refractivity contribution >= 4 is 26.5 Å². The highest BCUT2D eigenvalue weighted by Crippen LogP contribution is 2.37. The first kappa shape index (κ1) is 20.6. The van der Waals surface area contributed by atoms with Gasteiger partial charge < -0.3 is 4.90 Å². The number of halogens is 4. The van der Waals surface area contributed by atoms with Crippen LogP contribution in [0.1, 0.15) is 5.56 Å². The summed E-state index contributed by atoms with van der Waals surface area (Å²) in [7, 11) is -3.78. The highest BCUT2D eigenvalue weighted by Gasteiger charge is 2.37. The van der Waals surface area contributed by atoms with E-state index >= 15 is 0 Å². The van der Waals surface area contributed by atoms with Gasteiger partial charge in [0.2, 0.25) is 10.0 Å². The molecule has 1 heterocycles. The van der Waals surface area contributed by atoms with E-state index < -0.39 is 27.6 Å². The first-order valence-corrected chi connectivity index (χ1v) is 10.7. The summed E-state index contributed by atoms with van der Waals surface area (Å²) in [6.45, 7) is 0.205. The molecular weight excluding hydrogens is 420 g/mol. The van der Waals surface area contributed by atoms with Crippen LogP contribution in [0.4, 0.5) is 23.2 Å². The van der Waals surface area contributed by atoms with Crippen LogP contribution in [0, 0.1) is 5.82 Å². The second-order valence-corrected chi connectivity index (χ2v) is 9.00. The van der Waals surface area contributed by atoms with E-state index in [0.29, 0.717) is 6.07 Å². The number of alkyl halides is 3. The van der Waals surface area contributed by atoms with Gasteiger partial charge in [0, 0.05) is 31.9 Å². The molecule has 0 radical (unpaired) electrons. The van der Waals surface area contributed by atoms with Gasteiger partial charge >= 0.3 is 6.18 Å². The zero-order valence-electron chi connectivity index (χ0n) is 15.7. The molecule has 0 aliphatic carbocycles. The van der Waals surface area contributed by atoms with Crippen molar-refractivity contribution in [1.29, 1.82) is 0 Å². The van der Waals surface area contributed by atoms with Crippen molar-refractivity contribution in [2.45, 2.75) is 11.1 Å². The predicted octanol–water partition coefficient (Wildman–Crippen LogP) is 4.51. The Morgan fingerprint density at radius 1 is 0.800 bits per heavy atom. The fraction of sp³-hybridized carbons (Fsp3) is 0.238. The summed E-state index contributed by atoms with van der Waals surface area (Å²) in [5.74, 6) is -0.969. The highest BCUT2D eigenvalue weighted by atomic mass is 32.2. The Balaban J connectivity index is 1.56. The van der Waals surface area contributed by atoms with Gasteiger partial charge in [-0.3, -0.25) is 0 Å². The predicted molar refractivity (Wildman–Crippen MR) is 106 cm³/mol. The fourth-order valence-electron chi connectivity index (χ4n) is 3.66. The van der Waals surface area contributed by atoms with E-state index in [1.54, 1.807) is 12.1 Å². The Labute approximate surface area is 171 Å². The van der Waals surface area contributed by atoms with Crippen LogP contribution in [-0.4, -0.2) is 38.9 Å². The van der Waals surface area contributed by atoms with Gasteiger partial charge in [-0.2, -0.15) is 17.5 Å². The molecular formula is C21H18F4N2O2S. The molecule has 1 aliphatic rings. The summed E-state index contributed by atoms with van der Waals surface area (Å²) in [5.41, 5.74) is -1.21. The van der Waals surface area contributed by atoms with Crippen LogP contribution in [0.3, 0.4) is 0 Å². The minimum absolute atomic E-state index is 0.0316. The second kappa shape index (κ2) is 7.55. The molecule has 0 unspecified atom stereocenters. The van der Waals surface area contributed by atoms with Gasteiger partial charge in [0.05, 0.1) is 10.5 Å². The summed E-state index contributed by atoms with van der Waals surface area (Å²) in [4.78, 5) is 1.58. The molecule has 0 bridgehead atoms. The summed E-state index contributed by atoms with van der Waals surface area (Å²) in [6, 6.07) is 14.8. The molecule has 30 heavy (non-hydrogen) atoms. The van der Waals surface area contributed by atoms with Gasteiger partial charge in [-0.15, -0.1) is 0 Å². The van der Waals surface area contributed by atoms with Crippen LogP contribution in [-0.2, 0) is 16.2 Å². The van der Waals surface area contributed by atoms with Crippen LogP contribution in [0.2, 0.25) is 0 Å². The van der Waals surface area contributed by atoms with Crippen molar-refractivity contribution in [3.63, 3.8) is 0 Å². The average molecular weight is 438 g/mol. The molecule has 0 atom stereocenters. The van der Waals surface area contributed by atoms with E-state index in [1.165, 1.54) is 15.3 Å². The van der Waals surface area contributed by atoms with E-state index in [-0.39, 0.29) is 36.8 Å². The van der Waals surface area contributed by atoms with Crippen molar-refractivity contribution in [2.75, 3.05) is 31.1 Å². The van der Waals surface area contributed by atoms with E-state index in [4.69, 9.17) is 0 Å². The van der Waals surface area contributed by atoms with Crippen LogP contribution >= 0.6 is 0 Å². The normalized spacial score (nSPS) is 16.2. The number of nitrogens with zero attached hydrogens (tertiary/aromatic N) is 2. The van der Waals surface area contributed by atoms with E-state index in [1.807, 2.05) is 24.3 Å². The fourth-order valence-corrected chi connectivity index (χ4v) is 5.12. The molecule has 0 N–H and O–H groups in total. The van der Waals surface area contributed by atoms with Gasteiger partial charge in [0.15, 0.2) is 0 Å². The summed E-state index contributed by atoms with van der Waals surface area (Å²) >= 11 is 0. The quantitative estimate of drug-likeness (QED) is 0.565. The zero-order chi connectivity index (χ0) is 21.5. The SMILES string of the molecule is O=S(=O)(c1ccc2ccccc2c1)N1CCN(c2ccc(F)cc2C(F)(F)F)CC1. The van der Waals surface area contributed by atoms with Crippen LogP contribution in [0.5, 0.6) is 0 Å². The molecule has 3 aromatic rings. The number of hydrogen-bond donors (Lipinski definition) is 0. The van der Waals surface area contributed by atoms with Gasteiger partial charge in [0.25, 0.3) is 0 Å².